The topological polar surface area (TPSA) is 51.2 Å². The number of aryl methyl sites for hydroxylation is 2. The van der Waals surface area contributed by atoms with Crippen LogP contribution in [0.4, 0.5) is 10.8 Å². The van der Waals surface area contributed by atoms with Crippen LogP contribution in [0.15, 0.2) is 18.2 Å². The highest BCUT2D eigenvalue weighted by Crippen LogP contribution is 2.34. The highest BCUT2D eigenvalue weighted by atomic mass is 32.1. The van der Waals surface area contributed by atoms with Crippen molar-refractivity contribution in [2.75, 3.05) is 11.9 Å². The van der Waals surface area contributed by atoms with Crippen LogP contribution in [0.1, 0.15) is 67.0 Å². The molecule has 0 unspecified atom stereocenters. The van der Waals surface area contributed by atoms with E-state index in [1.807, 2.05) is 6.92 Å². The van der Waals surface area contributed by atoms with Gasteiger partial charge >= 0.3 is 5.97 Å². The molecule has 25 heavy (non-hydrogen) atoms. The maximum atomic E-state index is 12.3. The summed E-state index contributed by atoms with van der Waals surface area (Å²) in [4.78, 5) is 17.6. The minimum absolute atomic E-state index is 0.214. The molecule has 1 aromatic heterocycles. The summed E-state index contributed by atoms with van der Waals surface area (Å²) in [6.45, 7) is 8.38. The third kappa shape index (κ3) is 4.03. The Labute approximate surface area is 153 Å². The van der Waals surface area contributed by atoms with E-state index in [9.17, 15) is 4.79 Å². The lowest BCUT2D eigenvalue weighted by atomic mass is 9.91. The van der Waals surface area contributed by atoms with Crippen LogP contribution in [0.5, 0.6) is 0 Å². The highest BCUT2D eigenvalue weighted by Gasteiger charge is 2.28. The number of carbonyl (C=O) groups is 1. The Morgan fingerprint density at radius 2 is 1.96 bits per heavy atom. The van der Waals surface area contributed by atoms with Crippen molar-refractivity contribution in [3.05, 3.63) is 39.9 Å². The van der Waals surface area contributed by atoms with E-state index in [1.165, 1.54) is 41.7 Å². The number of thiazole rings is 1. The van der Waals surface area contributed by atoms with Crippen LogP contribution >= 0.6 is 11.3 Å². The first-order valence-electron chi connectivity index (χ1n) is 8.95. The molecule has 1 heterocycles. The first-order valence-corrected chi connectivity index (χ1v) is 9.77. The quantitative estimate of drug-likeness (QED) is 0.759. The summed E-state index contributed by atoms with van der Waals surface area (Å²) in [5.74, 6) is -0.289. The van der Waals surface area contributed by atoms with Gasteiger partial charge in [0.05, 0.1) is 12.3 Å². The fourth-order valence-corrected chi connectivity index (χ4v) is 4.24. The SMILES string of the molecule is CCOC(=O)c1sc(Nc2ccc3c(c2)CCCC3)nc1C(C)(C)C. The van der Waals surface area contributed by atoms with Crippen molar-refractivity contribution >= 4 is 28.1 Å². The number of rotatable bonds is 4. The lowest BCUT2D eigenvalue weighted by Crippen LogP contribution is -2.17. The molecule has 1 N–H and O–H groups in total. The molecule has 1 aromatic carbocycles. The van der Waals surface area contributed by atoms with Gasteiger partial charge in [-0.05, 0) is 55.9 Å². The average Bonchev–Trinajstić information content (AvgIpc) is 2.99. The van der Waals surface area contributed by atoms with Crippen molar-refractivity contribution in [2.24, 2.45) is 0 Å². The van der Waals surface area contributed by atoms with E-state index in [0.29, 0.717) is 11.5 Å². The van der Waals surface area contributed by atoms with Crippen LogP contribution in [-0.2, 0) is 23.0 Å². The summed E-state index contributed by atoms with van der Waals surface area (Å²) in [7, 11) is 0. The summed E-state index contributed by atoms with van der Waals surface area (Å²) >= 11 is 1.37. The molecular weight excluding hydrogens is 332 g/mol. The number of fused-ring (bicyclic) bond motifs is 1. The second-order valence-corrected chi connectivity index (χ2v) is 8.48. The summed E-state index contributed by atoms with van der Waals surface area (Å²) in [5, 5.41) is 4.12. The predicted octanol–water partition coefficient (Wildman–Crippen LogP) is 5.24. The molecule has 1 aliphatic carbocycles. The van der Waals surface area contributed by atoms with E-state index in [4.69, 9.17) is 9.72 Å². The third-order valence-corrected chi connectivity index (χ3v) is 5.35. The van der Waals surface area contributed by atoms with Gasteiger partial charge in [-0.3, -0.25) is 0 Å². The van der Waals surface area contributed by atoms with E-state index in [0.717, 1.165) is 22.9 Å². The van der Waals surface area contributed by atoms with Crippen LogP contribution < -0.4 is 5.32 Å². The van der Waals surface area contributed by atoms with E-state index in [-0.39, 0.29) is 11.4 Å². The number of benzene rings is 1. The molecule has 2 aromatic rings. The second-order valence-electron chi connectivity index (χ2n) is 7.48. The lowest BCUT2D eigenvalue weighted by Gasteiger charge is -2.17. The Kier molecular flexibility index (Phi) is 5.13. The van der Waals surface area contributed by atoms with E-state index in [1.54, 1.807) is 0 Å². The Bertz CT molecular complexity index is 774. The van der Waals surface area contributed by atoms with Gasteiger partial charge in [-0.15, -0.1) is 0 Å². The zero-order chi connectivity index (χ0) is 18.0. The second kappa shape index (κ2) is 7.16. The van der Waals surface area contributed by atoms with Gasteiger partial charge in [-0.2, -0.15) is 0 Å². The first-order chi connectivity index (χ1) is 11.9. The number of aromatic nitrogens is 1. The van der Waals surface area contributed by atoms with Crippen LogP contribution in [0.2, 0.25) is 0 Å². The van der Waals surface area contributed by atoms with Crippen molar-refractivity contribution in [3.8, 4) is 0 Å². The lowest BCUT2D eigenvalue weighted by molar-refractivity contribution is 0.0529. The molecule has 5 heteroatoms. The van der Waals surface area contributed by atoms with Crippen molar-refractivity contribution in [1.82, 2.24) is 4.98 Å². The van der Waals surface area contributed by atoms with Crippen LogP contribution in [-0.4, -0.2) is 17.6 Å². The molecule has 1 aliphatic rings. The number of nitrogens with zero attached hydrogens (tertiary/aromatic N) is 1. The molecular formula is C20H26N2O2S. The molecule has 0 radical (unpaired) electrons. The number of hydrogen-bond donors (Lipinski definition) is 1. The summed E-state index contributed by atoms with van der Waals surface area (Å²) in [6.07, 6.45) is 4.86. The molecule has 0 aliphatic heterocycles. The van der Waals surface area contributed by atoms with Gasteiger partial charge in [0.2, 0.25) is 0 Å². The van der Waals surface area contributed by atoms with Gasteiger partial charge in [-0.1, -0.05) is 38.2 Å². The normalized spacial score (nSPS) is 14.1. The number of anilines is 2. The summed E-state index contributed by atoms with van der Waals surface area (Å²) in [5.41, 5.74) is 4.49. The maximum absolute atomic E-state index is 12.3. The van der Waals surface area contributed by atoms with Crippen molar-refractivity contribution < 1.29 is 9.53 Å². The Morgan fingerprint density at radius 1 is 1.24 bits per heavy atom. The molecule has 0 bridgehead atoms. The third-order valence-electron chi connectivity index (χ3n) is 4.40. The van der Waals surface area contributed by atoms with Gasteiger partial charge < -0.3 is 10.1 Å². The number of hydrogen-bond acceptors (Lipinski definition) is 5. The number of esters is 1. The molecule has 134 valence electrons. The minimum Gasteiger partial charge on any atom is -0.462 e. The van der Waals surface area contributed by atoms with Gasteiger partial charge in [0, 0.05) is 11.1 Å². The molecule has 0 spiro atoms. The molecule has 4 nitrogen and oxygen atoms in total. The molecule has 0 atom stereocenters. The number of carbonyl (C=O) groups excluding carboxylic acids is 1. The first kappa shape index (κ1) is 17.9. The standard InChI is InChI=1S/C20H26N2O2S/c1-5-24-18(23)16-17(20(2,3)4)22-19(25-16)21-15-11-10-13-8-6-7-9-14(13)12-15/h10-12H,5-9H2,1-4H3,(H,21,22). The molecule has 0 fully saturated rings. The highest BCUT2D eigenvalue weighted by molar-refractivity contribution is 7.17. The zero-order valence-electron chi connectivity index (χ0n) is 15.4. The van der Waals surface area contributed by atoms with Gasteiger partial charge in [0.1, 0.15) is 4.88 Å². The van der Waals surface area contributed by atoms with Crippen molar-refractivity contribution in [2.45, 2.75) is 58.8 Å². The molecule has 3 rings (SSSR count). The van der Waals surface area contributed by atoms with Crippen LogP contribution in [0.25, 0.3) is 0 Å². The average molecular weight is 359 g/mol. The van der Waals surface area contributed by atoms with E-state index in [2.05, 4.69) is 44.3 Å². The van der Waals surface area contributed by atoms with Gasteiger partial charge in [0.15, 0.2) is 5.13 Å². The molecule has 0 amide bonds. The largest absolute Gasteiger partial charge is 0.462 e. The zero-order valence-corrected chi connectivity index (χ0v) is 16.3. The van der Waals surface area contributed by atoms with E-state index < -0.39 is 0 Å². The number of ether oxygens (including phenoxy) is 1. The molecule has 0 saturated heterocycles. The maximum Gasteiger partial charge on any atom is 0.350 e. The monoisotopic (exact) mass is 358 g/mol. The van der Waals surface area contributed by atoms with Crippen LogP contribution in [0.3, 0.4) is 0 Å². The predicted molar refractivity (Wildman–Crippen MR) is 103 cm³/mol. The Hall–Kier alpha value is -1.88. The molecule has 0 saturated carbocycles. The smallest absolute Gasteiger partial charge is 0.350 e. The summed E-state index contributed by atoms with van der Waals surface area (Å²) < 4.78 is 5.21. The van der Waals surface area contributed by atoms with Gasteiger partial charge in [0.25, 0.3) is 0 Å². The van der Waals surface area contributed by atoms with Crippen LogP contribution in [0, 0.1) is 0 Å². The minimum atomic E-state index is -0.289. The number of nitrogens with one attached hydrogen (secondary N) is 1. The Morgan fingerprint density at radius 3 is 2.64 bits per heavy atom. The Balaban J connectivity index is 1.89. The summed E-state index contributed by atoms with van der Waals surface area (Å²) in [6, 6.07) is 6.53. The van der Waals surface area contributed by atoms with Gasteiger partial charge in [-0.25, -0.2) is 9.78 Å². The fraction of sp³-hybridized carbons (Fsp3) is 0.500. The fourth-order valence-electron chi connectivity index (χ4n) is 3.15. The van der Waals surface area contributed by atoms with Crippen molar-refractivity contribution in [3.63, 3.8) is 0 Å². The van der Waals surface area contributed by atoms with Crippen molar-refractivity contribution in [1.29, 1.82) is 0 Å². The van der Waals surface area contributed by atoms with E-state index >= 15 is 0 Å².